The van der Waals surface area contributed by atoms with Gasteiger partial charge in [-0.05, 0) is 31.2 Å². The second-order valence-corrected chi connectivity index (χ2v) is 6.44. The van der Waals surface area contributed by atoms with Gasteiger partial charge in [-0.2, -0.15) is 0 Å². The quantitative estimate of drug-likeness (QED) is 0.272. The third-order valence-electron chi connectivity index (χ3n) is 4.48. The Hall–Kier alpha value is -3.99. The Morgan fingerprint density at radius 3 is 2.03 bits per heavy atom. The largest absolute Gasteiger partial charge is 0.423 e. The van der Waals surface area contributed by atoms with E-state index in [0.29, 0.717) is 28.3 Å². The van der Waals surface area contributed by atoms with E-state index in [2.05, 4.69) is 5.16 Å². The van der Waals surface area contributed by atoms with Crippen LogP contribution in [0, 0.1) is 6.92 Å². The molecule has 4 rings (SSSR count). The summed E-state index contributed by atoms with van der Waals surface area (Å²) in [4.78, 5) is 25.2. The summed E-state index contributed by atoms with van der Waals surface area (Å²) in [6, 6.07) is 24.8. The number of benzene rings is 3. The molecule has 0 aliphatic rings. The molecule has 0 spiro atoms. The summed E-state index contributed by atoms with van der Waals surface area (Å²) in [7, 11) is 0. The van der Waals surface area contributed by atoms with Gasteiger partial charge in [-0.25, -0.2) is 4.79 Å². The second-order valence-electron chi connectivity index (χ2n) is 6.44. The number of aryl methyl sites for hydroxylation is 1. The fraction of sp³-hybridized carbons (Fsp3) is 0.0417. The Labute approximate surface area is 167 Å². The fourth-order valence-corrected chi connectivity index (χ4v) is 2.99. The van der Waals surface area contributed by atoms with Gasteiger partial charge in [0.25, 0.3) is 0 Å². The summed E-state index contributed by atoms with van der Waals surface area (Å²) in [6.45, 7) is 1.66. The number of hydrogen-bond donors (Lipinski definition) is 0. The molecule has 1 heterocycles. The average molecular weight is 383 g/mol. The lowest BCUT2D eigenvalue weighted by atomic mass is 10.0. The lowest BCUT2D eigenvalue weighted by molar-refractivity contribution is 0.0733. The Morgan fingerprint density at radius 1 is 0.793 bits per heavy atom. The highest BCUT2D eigenvalue weighted by Gasteiger charge is 2.23. The van der Waals surface area contributed by atoms with Crippen molar-refractivity contribution >= 4 is 11.8 Å². The molecule has 0 bridgehead atoms. The van der Waals surface area contributed by atoms with Crippen LogP contribution in [-0.2, 0) is 0 Å². The molecule has 29 heavy (non-hydrogen) atoms. The summed E-state index contributed by atoms with van der Waals surface area (Å²) in [6.07, 6.45) is 0. The summed E-state index contributed by atoms with van der Waals surface area (Å²) in [5.41, 5.74) is 2.59. The summed E-state index contributed by atoms with van der Waals surface area (Å²) in [5, 5.41) is 4.00. The van der Waals surface area contributed by atoms with Crippen molar-refractivity contribution in [2.24, 2.45) is 0 Å². The van der Waals surface area contributed by atoms with Crippen molar-refractivity contribution in [3.8, 4) is 17.0 Å². The molecule has 3 aromatic carbocycles. The molecular weight excluding hydrogens is 366 g/mol. The van der Waals surface area contributed by atoms with Gasteiger partial charge in [0.05, 0.1) is 0 Å². The number of rotatable bonds is 5. The molecule has 0 unspecified atom stereocenters. The fourth-order valence-electron chi connectivity index (χ4n) is 2.99. The number of nitrogens with zero attached hydrogens (tertiary/aromatic N) is 1. The van der Waals surface area contributed by atoms with Crippen LogP contribution in [0.25, 0.3) is 11.3 Å². The zero-order chi connectivity index (χ0) is 20.2. The maximum atomic E-state index is 12.7. The van der Waals surface area contributed by atoms with Gasteiger partial charge in [0.15, 0.2) is 5.78 Å². The third kappa shape index (κ3) is 3.84. The molecular formula is C24H17NO4. The van der Waals surface area contributed by atoms with Crippen LogP contribution >= 0.6 is 0 Å². The van der Waals surface area contributed by atoms with Gasteiger partial charge in [-0.15, -0.1) is 0 Å². The Bertz CT molecular complexity index is 1150. The summed E-state index contributed by atoms with van der Waals surface area (Å²) < 4.78 is 10.7. The normalized spacial score (nSPS) is 10.5. The Balaban J connectivity index is 1.54. The van der Waals surface area contributed by atoms with Gasteiger partial charge in [0.1, 0.15) is 22.8 Å². The molecule has 0 N–H and O–H groups in total. The van der Waals surface area contributed by atoms with Crippen molar-refractivity contribution in [1.29, 1.82) is 0 Å². The molecule has 0 radical (unpaired) electrons. The van der Waals surface area contributed by atoms with E-state index in [9.17, 15) is 9.59 Å². The molecule has 5 nitrogen and oxygen atoms in total. The van der Waals surface area contributed by atoms with Gasteiger partial charge >= 0.3 is 5.97 Å². The maximum Gasteiger partial charge on any atom is 0.349 e. The van der Waals surface area contributed by atoms with Crippen LogP contribution in [0.3, 0.4) is 0 Å². The third-order valence-corrected chi connectivity index (χ3v) is 4.48. The zero-order valence-corrected chi connectivity index (χ0v) is 15.7. The van der Waals surface area contributed by atoms with E-state index in [0.717, 1.165) is 5.56 Å². The van der Waals surface area contributed by atoms with Crippen LogP contribution in [0.4, 0.5) is 0 Å². The first-order valence-electron chi connectivity index (χ1n) is 9.07. The van der Waals surface area contributed by atoms with Gasteiger partial charge in [-0.1, -0.05) is 65.8 Å². The predicted molar refractivity (Wildman–Crippen MR) is 108 cm³/mol. The Kier molecular flexibility index (Phi) is 5.03. The molecule has 0 atom stereocenters. The highest BCUT2D eigenvalue weighted by Crippen LogP contribution is 2.26. The number of aromatic nitrogens is 1. The topological polar surface area (TPSA) is 69.4 Å². The van der Waals surface area contributed by atoms with Gasteiger partial charge in [-0.3, -0.25) is 4.79 Å². The molecule has 0 fully saturated rings. The van der Waals surface area contributed by atoms with E-state index < -0.39 is 5.97 Å². The van der Waals surface area contributed by atoms with E-state index in [1.807, 2.05) is 48.5 Å². The predicted octanol–water partition coefficient (Wildman–Crippen LogP) is 5.10. The van der Waals surface area contributed by atoms with E-state index in [1.165, 1.54) is 0 Å². The number of carbonyl (C=O) groups excluding carboxylic acids is 2. The molecule has 5 heteroatoms. The van der Waals surface area contributed by atoms with Crippen molar-refractivity contribution in [1.82, 2.24) is 5.16 Å². The monoisotopic (exact) mass is 383 g/mol. The number of hydrogen-bond acceptors (Lipinski definition) is 5. The van der Waals surface area contributed by atoms with E-state index in [1.54, 1.807) is 43.3 Å². The maximum absolute atomic E-state index is 12.7. The van der Waals surface area contributed by atoms with Crippen LogP contribution in [0.5, 0.6) is 5.75 Å². The molecule has 0 aliphatic carbocycles. The highest BCUT2D eigenvalue weighted by atomic mass is 16.5. The lowest BCUT2D eigenvalue weighted by Gasteiger charge is -2.06. The smallest absolute Gasteiger partial charge is 0.349 e. The number of carbonyl (C=O) groups is 2. The SMILES string of the molecule is Cc1onc(-c2ccccc2)c1C(=O)Oc1ccc(C(=O)c2ccccc2)cc1. The van der Waals surface area contributed by atoms with Gasteiger partial charge in [0.2, 0.25) is 0 Å². The first-order valence-corrected chi connectivity index (χ1v) is 9.07. The minimum Gasteiger partial charge on any atom is -0.423 e. The van der Waals surface area contributed by atoms with E-state index in [4.69, 9.17) is 9.26 Å². The Morgan fingerprint density at radius 2 is 1.38 bits per heavy atom. The minimum atomic E-state index is -0.565. The van der Waals surface area contributed by atoms with Crippen molar-refractivity contribution in [3.63, 3.8) is 0 Å². The number of ketones is 1. The van der Waals surface area contributed by atoms with Crippen LogP contribution in [0.2, 0.25) is 0 Å². The molecule has 0 saturated carbocycles. The first kappa shape index (κ1) is 18.4. The highest BCUT2D eigenvalue weighted by molar-refractivity contribution is 6.09. The van der Waals surface area contributed by atoms with E-state index in [-0.39, 0.29) is 11.3 Å². The first-order chi connectivity index (χ1) is 14.1. The van der Waals surface area contributed by atoms with E-state index >= 15 is 0 Å². The van der Waals surface area contributed by atoms with Crippen LogP contribution in [0.1, 0.15) is 32.0 Å². The van der Waals surface area contributed by atoms with Gasteiger partial charge < -0.3 is 9.26 Å². The van der Waals surface area contributed by atoms with Crippen LogP contribution < -0.4 is 4.74 Å². The average Bonchev–Trinajstić information content (AvgIpc) is 3.16. The van der Waals surface area contributed by atoms with Crippen molar-refractivity contribution in [2.45, 2.75) is 6.92 Å². The number of esters is 1. The summed E-state index contributed by atoms with van der Waals surface area (Å²) in [5.74, 6) is 0.0541. The van der Waals surface area contributed by atoms with Crippen molar-refractivity contribution in [3.05, 3.63) is 107 Å². The zero-order valence-electron chi connectivity index (χ0n) is 15.7. The molecule has 142 valence electrons. The van der Waals surface area contributed by atoms with Crippen molar-refractivity contribution in [2.75, 3.05) is 0 Å². The molecule has 0 saturated heterocycles. The van der Waals surface area contributed by atoms with Gasteiger partial charge in [0, 0.05) is 16.7 Å². The number of ether oxygens (including phenoxy) is 1. The standard InChI is InChI=1S/C24H17NO4/c1-16-21(22(25-29-16)17-8-4-2-5-9-17)24(27)28-20-14-12-19(13-15-20)23(26)18-10-6-3-7-11-18/h2-15H,1H3. The molecule has 1 aromatic heterocycles. The van der Waals surface area contributed by atoms with Crippen LogP contribution in [0.15, 0.2) is 89.5 Å². The van der Waals surface area contributed by atoms with Crippen LogP contribution in [-0.4, -0.2) is 16.9 Å². The lowest BCUT2D eigenvalue weighted by Crippen LogP contribution is -2.10. The summed E-state index contributed by atoms with van der Waals surface area (Å²) >= 11 is 0. The molecule has 0 aliphatic heterocycles. The van der Waals surface area contributed by atoms with Crippen molar-refractivity contribution < 1.29 is 18.8 Å². The molecule has 4 aromatic rings. The minimum absolute atomic E-state index is 0.0929. The molecule has 0 amide bonds. The second kappa shape index (κ2) is 7.94.